The fraction of sp³-hybridized carbons (Fsp3) is 0.739. The third-order valence-electron chi connectivity index (χ3n) is 4.92. The van der Waals surface area contributed by atoms with E-state index in [-0.39, 0.29) is 18.0 Å². The highest BCUT2D eigenvalue weighted by molar-refractivity contribution is 5.95. The van der Waals surface area contributed by atoms with Crippen LogP contribution in [0, 0.1) is 0 Å². The predicted molar refractivity (Wildman–Crippen MR) is 129 cm³/mol. The quantitative estimate of drug-likeness (QED) is 0.616. The van der Waals surface area contributed by atoms with Crippen molar-refractivity contribution in [2.45, 2.75) is 77.7 Å². The van der Waals surface area contributed by atoms with Crippen LogP contribution >= 0.6 is 0 Å². The summed E-state index contributed by atoms with van der Waals surface area (Å²) in [6, 6.07) is 0.906. The molecule has 192 valence electrons. The molecule has 11 heteroatoms. The van der Waals surface area contributed by atoms with Gasteiger partial charge >= 0.3 is 12.2 Å². The molecule has 11 nitrogen and oxygen atoms in total. The van der Waals surface area contributed by atoms with Gasteiger partial charge in [0.15, 0.2) is 5.82 Å². The van der Waals surface area contributed by atoms with E-state index in [4.69, 9.17) is 9.47 Å². The normalized spacial score (nSPS) is 17.4. The highest BCUT2D eigenvalue weighted by Crippen LogP contribution is 2.24. The lowest BCUT2D eigenvalue weighted by Crippen LogP contribution is -2.47. The molecule has 0 saturated carbocycles. The van der Waals surface area contributed by atoms with E-state index < -0.39 is 23.3 Å². The van der Waals surface area contributed by atoms with Crippen LogP contribution in [-0.4, -0.2) is 88.6 Å². The number of carbonyl (C=O) groups is 3. The lowest BCUT2D eigenvalue weighted by Gasteiger charge is -2.24. The van der Waals surface area contributed by atoms with Crippen LogP contribution < -0.4 is 10.6 Å². The predicted octanol–water partition coefficient (Wildman–Crippen LogP) is 2.85. The maximum atomic E-state index is 12.9. The minimum absolute atomic E-state index is 0.0115. The van der Waals surface area contributed by atoms with Gasteiger partial charge in [-0.1, -0.05) is 0 Å². The van der Waals surface area contributed by atoms with Crippen molar-refractivity contribution < 1.29 is 23.9 Å². The molecule has 0 bridgehead atoms. The molecule has 1 fully saturated rings. The van der Waals surface area contributed by atoms with Crippen LogP contribution in [-0.2, 0) is 14.3 Å². The molecule has 3 amide bonds. The maximum absolute atomic E-state index is 12.9. The molecular formula is C23H40N6O5. The molecule has 2 unspecified atom stereocenters. The number of anilines is 1. The van der Waals surface area contributed by atoms with Crippen molar-refractivity contribution in [2.24, 2.45) is 0 Å². The number of amides is 3. The zero-order valence-electron chi connectivity index (χ0n) is 21.7. The number of nitrogens with one attached hydrogen (secondary N) is 2. The molecule has 0 aromatic carbocycles. The zero-order valence-corrected chi connectivity index (χ0v) is 21.7. The average molecular weight is 481 g/mol. The van der Waals surface area contributed by atoms with E-state index in [0.29, 0.717) is 31.9 Å². The highest BCUT2D eigenvalue weighted by Gasteiger charge is 2.31. The molecule has 1 aliphatic heterocycles. The standard InChI is InChI=1S/C23H40N6O5/c1-22(2,3)33-20(31)24-17(10-12-27(7)8)19(30)25-18-11-14-29(26-18)16-9-13-28(15-16)21(32)34-23(4,5)6/h11,14,16-17H,9-10,12-13,15H2,1-8H3,(H,24,31)(H,25,26,30). The van der Waals surface area contributed by atoms with Crippen LogP contribution in [0.25, 0.3) is 0 Å². The number of hydrogen-bond acceptors (Lipinski definition) is 7. The Bertz CT molecular complexity index is 855. The lowest BCUT2D eigenvalue weighted by molar-refractivity contribution is -0.118. The third-order valence-corrected chi connectivity index (χ3v) is 4.92. The second-order valence-electron chi connectivity index (χ2n) is 10.8. The van der Waals surface area contributed by atoms with E-state index in [1.165, 1.54) is 0 Å². The monoisotopic (exact) mass is 480 g/mol. The Kier molecular flexibility index (Phi) is 8.93. The second-order valence-corrected chi connectivity index (χ2v) is 10.8. The number of carbonyl (C=O) groups excluding carboxylic acids is 3. The number of nitrogens with zero attached hydrogens (tertiary/aromatic N) is 4. The molecule has 0 spiro atoms. The largest absolute Gasteiger partial charge is 0.444 e. The summed E-state index contributed by atoms with van der Waals surface area (Å²) >= 11 is 0. The molecule has 2 rings (SSSR count). The van der Waals surface area contributed by atoms with Crippen LogP contribution in [0.4, 0.5) is 15.4 Å². The Labute approximate surface area is 202 Å². The molecule has 0 aliphatic carbocycles. The highest BCUT2D eigenvalue weighted by atomic mass is 16.6. The Morgan fingerprint density at radius 3 is 2.38 bits per heavy atom. The van der Waals surface area contributed by atoms with Crippen molar-refractivity contribution in [2.75, 3.05) is 39.0 Å². The van der Waals surface area contributed by atoms with E-state index in [2.05, 4.69) is 15.7 Å². The van der Waals surface area contributed by atoms with Gasteiger partial charge in [0.2, 0.25) is 5.91 Å². The number of ether oxygens (including phenoxy) is 2. The van der Waals surface area contributed by atoms with E-state index in [0.717, 1.165) is 6.42 Å². The summed E-state index contributed by atoms with van der Waals surface area (Å²) in [4.78, 5) is 41.1. The van der Waals surface area contributed by atoms with Crippen molar-refractivity contribution in [1.29, 1.82) is 0 Å². The van der Waals surface area contributed by atoms with Gasteiger partial charge in [0, 0.05) is 25.4 Å². The van der Waals surface area contributed by atoms with Gasteiger partial charge in [0.05, 0.1) is 6.04 Å². The van der Waals surface area contributed by atoms with Gasteiger partial charge in [0.1, 0.15) is 17.2 Å². The van der Waals surface area contributed by atoms with E-state index >= 15 is 0 Å². The first-order valence-electron chi connectivity index (χ1n) is 11.6. The van der Waals surface area contributed by atoms with Crippen molar-refractivity contribution in [3.05, 3.63) is 12.3 Å². The van der Waals surface area contributed by atoms with Gasteiger partial charge in [-0.25, -0.2) is 9.59 Å². The van der Waals surface area contributed by atoms with Gasteiger partial charge < -0.3 is 29.9 Å². The summed E-state index contributed by atoms with van der Waals surface area (Å²) in [6.07, 6.45) is 1.93. The van der Waals surface area contributed by atoms with Crippen LogP contribution in [0.15, 0.2) is 12.3 Å². The molecule has 2 atom stereocenters. The van der Waals surface area contributed by atoms with E-state index in [9.17, 15) is 14.4 Å². The summed E-state index contributed by atoms with van der Waals surface area (Å²) in [5.41, 5.74) is -1.21. The van der Waals surface area contributed by atoms with Gasteiger partial charge in [-0.2, -0.15) is 5.10 Å². The molecule has 1 aliphatic rings. The summed E-state index contributed by atoms with van der Waals surface area (Å²) in [7, 11) is 3.79. The Balaban J connectivity index is 1.98. The number of hydrogen-bond donors (Lipinski definition) is 2. The van der Waals surface area contributed by atoms with Crippen molar-refractivity contribution in [3.8, 4) is 0 Å². The first-order valence-corrected chi connectivity index (χ1v) is 11.6. The average Bonchev–Trinajstić information content (AvgIpc) is 3.31. The second kappa shape index (κ2) is 11.1. The van der Waals surface area contributed by atoms with Crippen molar-refractivity contribution in [1.82, 2.24) is 24.9 Å². The Hall–Kier alpha value is -2.82. The molecule has 0 radical (unpaired) electrons. The topological polar surface area (TPSA) is 118 Å². The number of likely N-dealkylation sites (tertiary alicyclic amines) is 1. The summed E-state index contributed by atoms with van der Waals surface area (Å²) in [5.74, 6) is 0.00122. The van der Waals surface area contributed by atoms with Crippen molar-refractivity contribution in [3.63, 3.8) is 0 Å². The van der Waals surface area contributed by atoms with Gasteiger partial charge in [-0.05, 0) is 75.0 Å². The first kappa shape index (κ1) is 27.4. The minimum Gasteiger partial charge on any atom is -0.444 e. The molecule has 1 aromatic heterocycles. The maximum Gasteiger partial charge on any atom is 0.410 e. The number of rotatable bonds is 7. The van der Waals surface area contributed by atoms with Crippen LogP contribution in [0.1, 0.15) is 60.4 Å². The smallest absolute Gasteiger partial charge is 0.410 e. The van der Waals surface area contributed by atoms with Gasteiger partial charge in [-0.15, -0.1) is 0 Å². The van der Waals surface area contributed by atoms with E-state index in [1.807, 2.05) is 39.8 Å². The molecule has 34 heavy (non-hydrogen) atoms. The summed E-state index contributed by atoms with van der Waals surface area (Å²) < 4.78 is 12.5. The minimum atomic E-state index is -0.781. The Morgan fingerprint density at radius 1 is 1.15 bits per heavy atom. The number of alkyl carbamates (subject to hydrolysis) is 1. The van der Waals surface area contributed by atoms with Gasteiger partial charge in [0.25, 0.3) is 0 Å². The lowest BCUT2D eigenvalue weighted by atomic mass is 10.2. The van der Waals surface area contributed by atoms with Crippen LogP contribution in [0.5, 0.6) is 0 Å². The molecule has 2 heterocycles. The van der Waals surface area contributed by atoms with Crippen molar-refractivity contribution >= 4 is 23.9 Å². The third kappa shape index (κ3) is 9.20. The summed E-state index contributed by atoms with van der Waals surface area (Å²) in [5, 5.41) is 9.90. The van der Waals surface area contributed by atoms with Crippen LogP contribution in [0.3, 0.4) is 0 Å². The Morgan fingerprint density at radius 2 is 1.79 bits per heavy atom. The molecule has 1 aromatic rings. The fourth-order valence-electron chi connectivity index (χ4n) is 3.38. The molecule has 2 N–H and O–H groups in total. The summed E-state index contributed by atoms with van der Waals surface area (Å²) in [6.45, 7) is 12.5. The van der Waals surface area contributed by atoms with Gasteiger partial charge in [-0.3, -0.25) is 9.48 Å². The molecular weight excluding hydrogens is 440 g/mol. The zero-order chi connectivity index (χ0) is 25.7. The first-order chi connectivity index (χ1) is 15.6. The molecule has 1 saturated heterocycles. The SMILES string of the molecule is CN(C)CCC(NC(=O)OC(C)(C)C)C(=O)Nc1ccn(C2CCN(C(=O)OC(C)(C)C)C2)n1. The van der Waals surface area contributed by atoms with Crippen LogP contribution in [0.2, 0.25) is 0 Å². The van der Waals surface area contributed by atoms with E-state index in [1.54, 1.807) is 42.6 Å². The number of aromatic nitrogens is 2. The fourth-order valence-corrected chi connectivity index (χ4v) is 3.38.